The fourth-order valence-electron chi connectivity index (χ4n) is 5.93. The fraction of sp³-hybridized carbons (Fsp3) is 0.455. The van der Waals surface area contributed by atoms with E-state index in [0.29, 0.717) is 47.8 Å². The Kier molecular flexibility index (Phi) is 12.6. The van der Waals surface area contributed by atoms with E-state index in [9.17, 15) is 28.7 Å². The van der Waals surface area contributed by atoms with Gasteiger partial charge in [-0.3, -0.25) is 9.59 Å². The molecule has 0 bridgehead atoms. The number of nitriles is 1. The van der Waals surface area contributed by atoms with Crippen LogP contribution < -0.4 is 11.1 Å². The Morgan fingerprint density at radius 3 is 2.43 bits per heavy atom. The number of nitrogens with zero attached hydrogens (tertiary/aromatic N) is 3. The molecule has 2 aromatic rings. The number of pyridine rings is 1. The Balaban J connectivity index is 2.07. The summed E-state index contributed by atoms with van der Waals surface area (Å²) in [6.45, 7) is 6.89. The zero-order chi connectivity index (χ0) is 32.4. The van der Waals surface area contributed by atoms with Crippen molar-refractivity contribution < 1.29 is 23.5 Å². The third kappa shape index (κ3) is 8.52. The number of hydrogen-bond donors (Lipinski definition) is 3. The molecule has 11 heteroatoms. The molecule has 8 nitrogen and oxygen atoms in total. The zero-order valence-corrected chi connectivity index (χ0v) is 26.5. The maximum atomic E-state index is 14.6. The summed E-state index contributed by atoms with van der Waals surface area (Å²) in [7, 11) is 0. The van der Waals surface area contributed by atoms with Gasteiger partial charge >= 0.3 is 0 Å². The van der Waals surface area contributed by atoms with Gasteiger partial charge in [0.15, 0.2) is 0 Å². The number of nitrogens with two attached hydrogens (primary N) is 1. The predicted octanol–water partition coefficient (Wildman–Crippen LogP) is 4.66. The third-order valence-corrected chi connectivity index (χ3v) is 8.45. The molecular formula is C33H41F2N5O3S. The number of primary amides is 1. The number of amides is 2. The summed E-state index contributed by atoms with van der Waals surface area (Å²) in [4.78, 5) is 33.3. The van der Waals surface area contributed by atoms with Gasteiger partial charge in [-0.25, -0.2) is 13.8 Å². The molecule has 1 unspecified atom stereocenters. The van der Waals surface area contributed by atoms with Crippen LogP contribution in [0.4, 0.5) is 8.78 Å². The largest absolute Gasteiger partial charge is 0.391 e. The van der Waals surface area contributed by atoms with Crippen molar-refractivity contribution >= 4 is 23.6 Å². The minimum absolute atomic E-state index is 0.0117. The number of aliphatic hydroxyl groups excluding tert-OH is 1. The van der Waals surface area contributed by atoms with Gasteiger partial charge in [0.1, 0.15) is 22.7 Å². The number of nitrogens with one attached hydrogen (secondary N) is 1. The first-order valence-electron chi connectivity index (χ1n) is 14.7. The molecule has 0 saturated heterocycles. The minimum atomic E-state index is -1.42. The quantitative estimate of drug-likeness (QED) is 0.245. The Morgan fingerprint density at radius 2 is 1.86 bits per heavy atom. The van der Waals surface area contributed by atoms with Gasteiger partial charge in [0.05, 0.1) is 22.8 Å². The SMILES string of the molecule is CCCN(CCC)C(=O)C1([C@H](Cc2cc(F)cc(F)c2)[C@@H](O)CNCc2ccc(C#N)c(SC)n2)C=C(C)C=C(C(N)=O)C1. The number of carbonyl (C=O) groups excluding carboxylic acids is 2. The summed E-state index contributed by atoms with van der Waals surface area (Å²) in [5, 5.41) is 24.9. The molecule has 2 amide bonds. The molecule has 236 valence electrons. The van der Waals surface area contributed by atoms with Crippen molar-refractivity contribution in [3.8, 4) is 6.07 Å². The molecular weight excluding hydrogens is 584 g/mol. The number of aliphatic hydroxyl groups is 1. The molecule has 3 rings (SSSR count). The van der Waals surface area contributed by atoms with Crippen LogP contribution in [0.1, 0.15) is 56.9 Å². The lowest BCUT2D eigenvalue weighted by Crippen LogP contribution is -2.54. The lowest BCUT2D eigenvalue weighted by atomic mass is 9.63. The van der Waals surface area contributed by atoms with Crippen LogP contribution in [0.5, 0.6) is 0 Å². The van der Waals surface area contributed by atoms with Gasteiger partial charge in [-0.05, 0) is 68.7 Å². The van der Waals surface area contributed by atoms with E-state index in [4.69, 9.17) is 5.73 Å². The molecule has 44 heavy (non-hydrogen) atoms. The average Bonchev–Trinajstić information content (AvgIpc) is 2.98. The number of halogens is 2. The molecule has 3 atom stereocenters. The van der Waals surface area contributed by atoms with Crippen LogP contribution in [-0.4, -0.2) is 58.8 Å². The predicted molar refractivity (Wildman–Crippen MR) is 167 cm³/mol. The monoisotopic (exact) mass is 625 g/mol. The van der Waals surface area contributed by atoms with E-state index in [2.05, 4.69) is 16.4 Å². The Labute approximate surface area is 262 Å². The highest BCUT2D eigenvalue weighted by molar-refractivity contribution is 7.98. The van der Waals surface area contributed by atoms with E-state index in [1.807, 2.05) is 20.1 Å². The maximum absolute atomic E-state index is 14.6. The molecule has 1 aliphatic carbocycles. The molecule has 0 spiro atoms. The van der Waals surface area contributed by atoms with E-state index in [1.165, 1.54) is 23.9 Å². The second-order valence-corrected chi connectivity index (χ2v) is 12.0. The molecule has 0 saturated carbocycles. The van der Waals surface area contributed by atoms with E-state index in [1.54, 1.807) is 36.1 Å². The van der Waals surface area contributed by atoms with Crippen molar-refractivity contribution in [1.29, 1.82) is 5.26 Å². The molecule has 0 aliphatic heterocycles. The van der Waals surface area contributed by atoms with Crippen LogP contribution in [0.3, 0.4) is 0 Å². The summed E-state index contributed by atoms with van der Waals surface area (Å²) in [5.41, 5.74) is 6.59. The lowest BCUT2D eigenvalue weighted by Gasteiger charge is -2.45. The van der Waals surface area contributed by atoms with Gasteiger partial charge in [0, 0.05) is 43.7 Å². The Bertz CT molecular complexity index is 1430. The van der Waals surface area contributed by atoms with Crippen LogP contribution in [0, 0.1) is 34.3 Å². The molecule has 0 radical (unpaired) electrons. The lowest BCUT2D eigenvalue weighted by molar-refractivity contribution is -0.145. The number of allylic oxidation sites excluding steroid dienone is 2. The summed E-state index contributed by atoms with van der Waals surface area (Å²) >= 11 is 1.35. The maximum Gasteiger partial charge on any atom is 0.244 e. The first-order valence-corrected chi connectivity index (χ1v) is 16.0. The zero-order valence-electron chi connectivity index (χ0n) is 25.7. The normalized spacial score (nSPS) is 17.7. The number of carbonyl (C=O) groups is 2. The van der Waals surface area contributed by atoms with Crippen LogP contribution in [-0.2, 0) is 22.6 Å². The summed E-state index contributed by atoms with van der Waals surface area (Å²) < 4.78 is 28.7. The Hall–Kier alpha value is -3.59. The number of aromatic nitrogens is 1. The van der Waals surface area contributed by atoms with Crippen molar-refractivity contribution in [3.05, 3.63) is 82.1 Å². The average molecular weight is 626 g/mol. The van der Waals surface area contributed by atoms with Gasteiger partial charge in [-0.2, -0.15) is 5.26 Å². The van der Waals surface area contributed by atoms with Crippen molar-refractivity contribution in [2.24, 2.45) is 17.1 Å². The van der Waals surface area contributed by atoms with Gasteiger partial charge in [-0.15, -0.1) is 11.8 Å². The van der Waals surface area contributed by atoms with Crippen molar-refractivity contribution in [2.75, 3.05) is 25.9 Å². The number of rotatable bonds is 15. The highest BCUT2D eigenvalue weighted by atomic mass is 32.2. The molecule has 1 aliphatic rings. The molecule has 0 fully saturated rings. The number of hydrogen-bond acceptors (Lipinski definition) is 7. The number of benzene rings is 1. The first-order chi connectivity index (χ1) is 21.0. The van der Waals surface area contributed by atoms with Crippen LogP contribution >= 0.6 is 11.8 Å². The topological polar surface area (TPSA) is 132 Å². The van der Waals surface area contributed by atoms with Crippen LogP contribution in [0.15, 0.2) is 58.7 Å². The van der Waals surface area contributed by atoms with E-state index in [-0.39, 0.29) is 43.0 Å². The molecule has 1 aromatic heterocycles. The fourth-order valence-corrected chi connectivity index (χ4v) is 6.48. The summed E-state index contributed by atoms with van der Waals surface area (Å²) in [6.07, 6.45) is 5.34. The third-order valence-electron chi connectivity index (χ3n) is 7.75. The highest BCUT2D eigenvalue weighted by Crippen LogP contribution is 2.45. The first kappa shape index (κ1) is 34.9. The Morgan fingerprint density at radius 1 is 1.20 bits per heavy atom. The van der Waals surface area contributed by atoms with Crippen LogP contribution in [0.2, 0.25) is 0 Å². The van der Waals surface area contributed by atoms with E-state index < -0.39 is 35.0 Å². The van der Waals surface area contributed by atoms with Crippen molar-refractivity contribution in [1.82, 2.24) is 15.2 Å². The van der Waals surface area contributed by atoms with E-state index in [0.717, 1.165) is 6.07 Å². The standard InChI is InChI=1S/C33H41F2N5O3S/c1-5-9-40(10-6-2)32(43)33(16-21(3)11-24(17-33)30(37)42)28(14-22-12-25(34)15-26(35)13-22)29(41)20-38-19-27-8-7-23(18-36)31(39-27)44-4/h7-8,11-13,15-16,28-29,38,41H,5-6,9-10,14,17,19-20H2,1-4H3,(H2,37,42)/t28-,29+,33?/m1/s1. The van der Waals surface area contributed by atoms with Gasteiger partial charge < -0.3 is 21.1 Å². The van der Waals surface area contributed by atoms with Gasteiger partial charge in [-0.1, -0.05) is 31.6 Å². The van der Waals surface area contributed by atoms with Crippen LogP contribution in [0.25, 0.3) is 0 Å². The van der Waals surface area contributed by atoms with Gasteiger partial charge in [0.25, 0.3) is 0 Å². The smallest absolute Gasteiger partial charge is 0.244 e. The summed E-state index contributed by atoms with van der Waals surface area (Å²) in [5.74, 6) is -3.38. The molecule has 1 aromatic carbocycles. The van der Waals surface area contributed by atoms with E-state index >= 15 is 0 Å². The summed E-state index contributed by atoms with van der Waals surface area (Å²) in [6, 6.07) is 8.68. The molecule has 1 heterocycles. The van der Waals surface area contributed by atoms with Crippen molar-refractivity contribution in [2.45, 2.75) is 64.1 Å². The second kappa shape index (κ2) is 15.9. The van der Waals surface area contributed by atoms with Crippen molar-refractivity contribution in [3.63, 3.8) is 0 Å². The highest BCUT2D eigenvalue weighted by Gasteiger charge is 2.50. The second-order valence-electron chi connectivity index (χ2n) is 11.2. The minimum Gasteiger partial charge on any atom is -0.391 e. The number of thioether (sulfide) groups is 1. The van der Waals surface area contributed by atoms with Gasteiger partial charge in [0.2, 0.25) is 11.8 Å². The molecule has 4 N–H and O–H groups in total.